The van der Waals surface area contributed by atoms with E-state index in [1.165, 1.54) is 0 Å². The summed E-state index contributed by atoms with van der Waals surface area (Å²) in [5, 5.41) is 2.99. The molecule has 0 heterocycles. The zero-order chi connectivity index (χ0) is 9.68. The van der Waals surface area contributed by atoms with Crippen LogP contribution in [0.15, 0.2) is 33.7 Å². The maximum absolute atomic E-state index is 5.60. The van der Waals surface area contributed by atoms with E-state index < -0.39 is 0 Å². The molecule has 0 aliphatic carbocycles. The Labute approximate surface area is 86.2 Å². The largest absolute Gasteiger partial charge is 0.370 e. The summed E-state index contributed by atoms with van der Waals surface area (Å²) in [7, 11) is 0. The number of hydrogen-bond donors (Lipinski definition) is 2. The molecule has 0 saturated carbocycles. The lowest BCUT2D eigenvalue weighted by atomic mass is 10.3. The second kappa shape index (κ2) is 4.87. The molecular weight excluding hydrogens is 230 g/mol. The highest BCUT2D eigenvalue weighted by Gasteiger charge is 1.97. The van der Waals surface area contributed by atoms with Crippen LogP contribution in [-0.2, 0) is 0 Å². The zero-order valence-corrected chi connectivity index (χ0v) is 9.01. The molecule has 3 N–H and O–H groups in total. The third-order valence-electron chi connectivity index (χ3n) is 1.47. The van der Waals surface area contributed by atoms with Crippen molar-refractivity contribution in [3.8, 4) is 0 Å². The van der Waals surface area contributed by atoms with Crippen LogP contribution < -0.4 is 11.1 Å². The quantitative estimate of drug-likeness (QED) is 0.617. The van der Waals surface area contributed by atoms with E-state index in [-0.39, 0.29) is 0 Å². The van der Waals surface area contributed by atoms with Gasteiger partial charge in [0, 0.05) is 11.0 Å². The summed E-state index contributed by atoms with van der Waals surface area (Å²) < 4.78 is 0.976. The lowest BCUT2D eigenvalue weighted by Crippen LogP contribution is -2.22. The molecule has 0 unspecified atom stereocenters. The minimum atomic E-state index is 0.439. The predicted molar refractivity (Wildman–Crippen MR) is 59.9 cm³/mol. The van der Waals surface area contributed by atoms with Crippen molar-refractivity contribution in [2.24, 2.45) is 10.7 Å². The Morgan fingerprint density at radius 3 is 2.85 bits per heavy atom. The fourth-order valence-electron chi connectivity index (χ4n) is 0.910. The van der Waals surface area contributed by atoms with Gasteiger partial charge in [0.05, 0.1) is 5.69 Å². The molecule has 0 aromatic heterocycles. The minimum Gasteiger partial charge on any atom is -0.370 e. The molecule has 0 radical (unpaired) electrons. The first-order valence-corrected chi connectivity index (χ1v) is 4.84. The summed E-state index contributed by atoms with van der Waals surface area (Å²) in [5.74, 6) is 0.439. The van der Waals surface area contributed by atoms with Crippen LogP contribution in [0.25, 0.3) is 0 Å². The molecule has 13 heavy (non-hydrogen) atoms. The van der Waals surface area contributed by atoms with E-state index in [1.54, 1.807) is 0 Å². The standard InChI is InChI=1S/C9H12BrN3/c1-2-12-9(11)13-8-6-4-3-5-7(8)10/h3-6H,2H2,1H3,(H3,11,12,13). The molecule has 1 rings (SSSR count). The SMILES string of the molecule is CCN=C(N)Nc1ccccc1Br. The maximum atomic E-state index is 5.60. The second-order valence-corrected chi connectivity index (χ2v) is 3.32. The van der Waals surface area contributed by atoms with Crippen molar-refractivity contribution in [2.75, 3.05) is 11.9 Å². The lowest BCUT2D eigenvalue weighted by molar-refractivity contribution is 1.12. The van der Waals surface area contributed by atoms with Crippen molar-refractivity contribution in [1.82, 2.24) is 0 Å². The fourth-order valence-corrected chi connectivity index (χ4v) is 1.29. The number of nitrogens with zero attached hydrogens (tertiary/aromatic N) is 1. The van der Waals surface area contributed by atoms with Crippen LogP contribution in [0.1, 0.15) is 6.92 Å². The van der Waals surface area contributed by atoms with Crippen LogP contribution >= 0.6 is 15.9 Å². The van der Waals surface area contributed by atoms with Crippen LogP contribution in [0.3, 0.4) is 0 Å². The first-order chi connectivity index (χ1) is 6.24. The van der Waals surface area contributed by atoms with Crippen LogP contribution in [0.5, 0.6) is 0 Å². The molecule has 1 aromatic carbocycles. The van der Waals surface area contributed by atoms with Crippen molar-refractivity contribution >= 4 is 27.6 Å². The highest BCUT2D eigenvalue weighted by Crippen LogP contribution is 2.20. The molecule has 0 fully saturated rings. The number of anilines is 1. The summed E-state index contributed by atoms with van der Waals surface area (Å²) in [4.78, 5) is 4.02. The monoisotopic (exact) mass is 241 g/mol. The Balaban J connectivity index is 2.74. The Morgan fingerprint density at radius 2 is 2.23 bits per heavy atom. The highest BCUT2D eigenvalue weighted by molar-refractivity contribution is 9.10. The molecule has 0 spiro atoms. The zero-order valence-electron chi connectivity index (χ0n) is 7.42. The Bertz CT molecular complexity index is 309. The first kappa shape index (κ1) is 10.1. The van der Waals surface area contributed by atoms with Gasteiger partial charge < -0.3 is 11.1 Å². The van der Waals surface area contributed by atoms with Crippen molar-refractivity contribution in [3.63, 3.8) is 0 Å². The van der Waals surface area contributed by atoms with Crippen LogP contribution in [0, 0.1) is 0 Å². The molecule has 0 atom stereocenters. The van der Waals surface area contributed by atoms with Gasteiger partial charge >= 0.3 is 0 Å². The van der Waals surface area contributed by atoms with Crippen molar-refractivity contribution in [1.29, 1.82) is 0 Å². The number of nitrogens with one attached hydrogen (secondary N) is 1. The number of aliphatic imine (C=N–C) groups is 1. The molecule has 4 heteroatoms. The highest BCUT2D eigenvalue weighted by atomic mass is 79.9. The summed E-state index contributed by atoms with van der Waals surface area (Å²) in [5.41, 5.74) is 6.53. The van der Waals surface area contributed by atoms with Gasteiger partial charge in [-0.1, -0.05) is 12.1 Å². The predicted octanol–water partition coefficient (Wildman–Crippen LogP) is 2.20. The average molecular weight is 242 g/mol. The average Bonchev–Trinajstić information content (AvgIpc) is 2.09. The van der Waals surface area contributed by atoms with Gasteiger partial charge in [-0.05, 0) is 35.0 Å². The number of halogens is 1. The molecule has 3 nitrogen and oxygen atoms in total. The van der Waals surface area contributed by atoms with E-state index in [9.17, 15) is 0 Å². The van der Waals surface area contributed by atoms with Crippen molar-refractivity contribution in [2.45, 2.75) is 6.92 Å². The van der Waals surface area contributed by atoms with Crippen LogP contribution in [0.4, 0.5) is 5.69 Å². The number of hydrogen-bond acceptors (Lipinski definition) is 1. The van der Waals surface area contributed by atoms with Crippen molar-refractivity contribution < 1.29 is 0 Å². The summed E-state index contributed by atoms with van der Waals surface area (Å²) in [6.45, 7) is 2.62. The van der Waals surface area contributed by atoms with Gasteiger partial charge in [-0.2, -0.15) is 0 Å². The number of guanidine groups is 1. The van der Waals surface area contributed by atoms with Gasteiger partial charge in [0.15, 0.2) is 5.96 Å². The van der Waals surface area contributed by atoms with Gasteiger partial charge in [-0.25, -0.2) is 0 Å². The Hall–Kier alpha value is -1.03. The summed E-state index contributed by atoms with van der Waals surface area (Å²) >= 11 is 3.40. The topological polar surface area (TPSA) is 50.4 Å². The molecule has 0 saturated heterocycles. The maximum Gasteiger partial charge on any atom is 0.193 e. The van der Waals surface area contributed by atoms with Gasteiger partial charge in [-0.15, -0.1) is 0 Å². The van der Waals surface area contributed by atoms with Gasteiger partial charge in [-0.3, -0.25) is 4.99 Å². The number of para-hydroxylation sites is 1. The molecule has 0 bridgehead atoms. The van der Waals surface area contributed by atoms with Crippen LogP contribution in [-0.4, -0.2) is 12.5 Å². The van der Waals surface area contributed by atoms with E-state index in [0.29, 0.717) is 12.5 Å². The molecule has 70 valence electrons. The number of benzene rings is 1. The smallest absolute Gasteiger partial charge is 0.193 e. The normalized spacial score (nSPS) is 11.4. The Kier molecular flexibility index (Phi) is 3.76. The fraction of sp³-hybridized carbons (Fsp3) is 0.222. The second-order valence-electron chi connectivity index (χ2n) is 2.46. The number of nitrogens with two attached hydrogens (primary N) is 1. The van der Waals surface area contributed by atoms with E-state index in [0.717, 1.165) is 10.2 Å². The van der Waals surface area contributed by atoms with Gasteiger partial charge in [0.1, 0.15) is 0 Å². The summed E-state index contributed by atoms with van der Waals surface area (Å²) in [6.07, 6.45) is 0. The summed E-state index contributed by atoms with van der Waals surface area (Å²) in [6, 6.07) is 7.76. The third kappa shape index (κ3) is 3.06. The van der Waals surface area contributed by atoms with Gasteiger partial charge in [0.25, 0.3) is 0 Å². The Morgan fingerprint density at radius 1 is 1.54 bits per heavy atom. The molecule has 0 aliphatic heterocycles. The molecule has 1 aromatic rings. The molecule has 0 amide bonds. The van der Waals surface area contributed by atoms with E-state index in [4.69, 9.17) is 5.73 Å². The van der Waals surface area contributed by atoms with E-state index >= 15 is 0 Å². The van der Waals surface area contributed by atoms with E-state index in [2.05, 4.69) is 26.2 Å². The third-order valence-corrected chi connectivity index (χ3v) is 2.16. The van der Waals surface area contributed by atoms with Crippen LogP contribution in [0.2, 0.25) is 0 Å². The van der Waals surface area contributed by atoms with E-state index in [1.807, 2.05) is 31.2 Å². The number of rotatable bonds is 2. The lowest BCUT2D eigenvalue weighted by Gasteiger charge is -2.06. The first-order valence-electron chi connectivity index (χ1n) is 4.05. The molecule has 0 aliphatic rings. The van der Waals surface area contributed by atoms with Crippen molar-refractivity contribution in [3.05, 3.63) is 28.7 Å². The minimum absolute atomic E-state index is 0.439. The van der Waals surface area contributed by atoms with Gasteiger partial charge in [0.2, 0.25) is 0 Å². The molecular formula is C9H12BrN3.